The first kappa shape index (κ1) is 13.8. The van der Waals surface area contributed by atoms with E-state index < -0.39 is 23.2 Å². The molecule has 3 nitrogen and oxygen atoms in total. The summed E-state index contributed by atoms with van der Waals surface area (Å²) in [5.74, 6) is -2.27. The smallest absolute Gasteiger partial charge is 0.251 e. The number of nitrogens with one attached hydrogen (secondary N) is 1. The number of amides is 1. The van der Waals surface area contributed by atoms with Crippen LogP contribution in [-0.2, 0) is 0 Å². The lowest BCUT2D eigenvalue weighted by atomic mass is 9.87. The van der Waals surface area contributed by atoms with Crippen molar-refractivity contribution >= 4 is 11.6 Å². The van der Waals surface area contributed by atoms with Crippen molar-refractivity contribution in [3.8, 4) is 0 Å². The van der Waals surface area contributed by atoms with Crippen molar-refractivity contribution in [2.45, 2.75) is 39.2 Å². The van der Waals surface area contributed by atoms with E-state index in [9.17, 15) is 13.6 Å². The van der Waals surface area contributed by atoms with Crippen molar-refractivity contribution in [2.24, 2.45) is 5.41 Å². The molecule has 1 atom stereocenters. The molecule has 3 N–H and O–H groups in total. The molecule has 104 valence electrons. The fourth-order valence-electron chi connectivity index (χ4n) is 2.55. The standard InChI is InChI=1S/C14H18F2N2O/c1-14(2)5-3-4-11(14)18-13(19)8-6-9(15)12(17)10(16)7-8/h6-7,11H,3-5,17H2,1-2H3,(H,18,19). The summed E-state index contributed by atoms with van der Waals surface area (Å²) in [6, 6.07) is 1.97. The lowest BCUT2D eigenvalue weighted by molar-refractivity contribution is 0.0909. The Morgan fingerprint density at radius 2 is 1.95 bits per heavy atom. The van der Waals surface area contributed by atoms with Crippen LogP contribution in [0.2, 0.25) is 0 Å². The van der Waals surface area contributed by atoms with Gasteiger partial charge in [0.05, 0.1) is 0 Å². The van der Waals surface area contributed by atoms with Crippen molar-refractivity contribution in [1.29, 1.82) is 0 Å². The Morgan fingerprint density at radius 3 is 2.42 bits per heavy atom. The third kappa shape index (κ3) is 2.69. The number of hydrogen-bond acceptors (Lipinski definition) is 2. The maximum absolute atomic E-state index is 13.3. The zero-order valence-electron chi connectivity index (χ0n) is 11.1. The number of anilines is 1. The van der Waals surface area contributed by atoms with Crippen molar-refractivity contribution in [2.75, 3.05) is 5.73 Å². The molecule has 0 saturated heterocycles. The zero-order valence-corrected chi connectivity index (χ0v) is 11.1. The van der Waals surface area contributed by atoms with Gasteiger partial charge in [-0.2, -0.15) is 0 Å². The number of hydrogen-bond donors (Lipinski definition) is 2. The number of carbonyl (C=O) groups is 1. The van der Waals surface area contributed by atoms with Crippen LogP contribution in [0.15, 0.2) is 12.1 Å². The first-order chi connectivity index (χ1) is 8.81. The van der Waals surface area contributed by atoms with Crippen LogP contribution in [0.25, 0.3) is 0 Å². The minimum absolute atomic E-state index is 0.0144. The van der Waals surface area contributed by atoms with Gasteiger partial charge in [-0.3, -0.25) is 4.79 Å². The predicted molar refractivity (Wildman–Crippen MR) is 69.7 cm³/mol. The molecule has 0 bridgehead atoms. The van der Waals surface area contributed by atoms with Gasteiger partial charge in [-0.15, -0.1) is 0 Å². The Kier molecular flexibility index (Phi) is 3.47. The Hall–Kier alpha value is -1.65. The summed E-state index contributed by atoms with van der Waals surface area (Å²) >= 11 is 0. The Balaban J connectivity index is 2.17. The number of nitrogens with two attached hydrogens (primary N) is 1. The third-order valence-electron chi connectivity index (χ3n) is 3.90. The molecule has 0 heterocycles. The largest absolute Gasteiger partial charge is 0.394 e. The van der Waals surface area contributed by atoms with Crippen LogP contribution >= 0.6 is 0 Å². The van der Waals surface area contributed by atoms with Gasteiger partial charge >= 0.3 is 0 Å². The highest BCUT2D eigenvalue weighted by Crippen LogP contribution is 2.37. The van der Waals surface area contributed by atoms with Crippen LogP contribution in [0, 0.1) is 17.0 Å². The summed E-state index contributed by atoms with van der Waals surface area (Å²) < 4.78 is 26.6. The van der Waals surface area contributed by atoms with E-state index in [4.69, 9.17) is 5.73 Å². The van der Waals surface area contributed by atoms with Crippen molar-refractivity contribution in [3.63, 3.8) is 0 Å². The van der Waals surface area contributed by atoms with Gasteiger partial charge in [0.2, 0.25) is 0 Å². The minimum Gasteiger partial charge on any atom is -0.394 e. The van der Waals surface area contributed by atoms with Crippen LogP contribution in [0.3, 0.4) is 0 Å². The highest BCUT2D eigenvalue weighted by atomic mass is 19.1. The van der Waals surface area contributed by atoms with Gasteiger partial charge < -0.3 is 11.1 Å². The van der Waals surface area contributed by atoms with Crippen molar-refractivity contribution in [3.05, 3.63) is 29.3 Å². The van der Waals surface area contributed by atoms with Crippen LogP contribution < -0.4 is 11.1 Å². The molecular weight excluding hydrogens is 250 g/mol. The average molecular weight is 268 g/mol. The van der Waals surface area contributed by atoms with Gasteiger partial charge in [-0.25, -0.2) is 8.78 Å². The van der Waals surface area contributed by atoms with E-state index in [1.54, 1.807) is 0 Å². The van der Waals surface area contributed by atoms with E-state index in [0.29, 0.717) is 0 Å². The Labute approximate surface area is 111 Å². The van der Waals surface area contributed by atoms with E-state index in [1.807, 2.05) is 0 Å². The van der Waals surface area contributed by atoms with Crippen LogP contribution in [-0.4, -0.2) is 11.9 Å². The summed E-state index contributed by atoms with van der Waals surface area (Å²) in [6.07, 6.45) is 2.96. The van der Waals surface area contributed by atoms with Gasteiger partial charge in [-0.05, 0) is 30.4 Å². The van der Waals surface area contributed by atoms with Crippen molar-refractivity contribution < 1.29 is 13.6 Å². The Bertz CT molecular complexity index is 491. The van der Waals surface area contributed by atoms with Gasteiger partial charge in [-0.1, -0.05) is 20.3 Å². The van der Waals surface area contributed by atoms with Crippen LogP contribution in [0.4, 0.5) is 14.5 Å². The maximum atomic E-state index is 13.3. The number of carbonyl (C=O) groups excluding carboxylic acids is 1. The van der Waals surface area contributed by atoms with Gasteiger partial charge in [0.1, 0.15) is 17.3 Å². The highest BCUT2D eigenvalue weighted by Gasteiger charge is 2.35. The molecule has 2 rings (SSSR count). The fraction of sp³-hybridized carbons (Fsp3) is 0.500. The molecule has 19 heavy (non-hydrogen) atoms. The fourth-order valence-corrected chi connectivity index (χ4v) is 2.55. The predicted octanol–water partition coefficient (Wildman–Crippen LogP) is 2.86. The third-order valence-corrected chi connectivity index (χ3v) is 3.90. The molecule has 5 heteroatoms. The zero-order chi connectivity index (χ0) is 14.2. The number of benzene rings is 1. The Morgan fingerprint density at radius 1 is 1.37 bits per heavy atom. The van der Waals surface area contributed by atoms with Gasteiger partial charge in [0.25, 0.3) is 5.91 Å². The molecule has 1 amide bonds. The molecule has 1 aromatic rings. The summed E-state index contributed by atoms with van der Waals surface area (Å²) in [7, 11) is 0. The van der Waals surface area contributed by atoms with E-state index in [2.05, 4.69) is 19.2 Å². The number of rotatable bonds is 2. The molecule has 0 spiro atoms. The average Bonchev–Trinajstić information content (AvgIpc) is 2.65. The lowest BCUT2D eigenvalue weighted by Gasteiger charge is -2.27. The molecule has 1 fully saturated rings. The topological polar surface area (TPSA) is 55.1 Å². The SMILES string of the molecule is CC1(C)CCCC1NC(=O)c1cc(F)c(N)c(F)c1. The molecule has 1 saturated carbocycles. The highest BCUT2D eigenvalue weighted by molar-refractivity contribution is 5.94. The second-order valence-electron chi connectivity index (χ2n) is 5.76. The van der Waals surface area contributed by atoms with Gasteiger partial charge in [0, 0.05) is 11.6 Å². The second kappa shape index (κ2) is 4.79. The van der Waals surface area contributed by atoms with E-state index in [1.165, 1.54) is 0 Å². The summed E-state index contributed by atoms with van der Waals surface area (Å²) in [4.78, 5) is 12.0. The molecule has 1 aliphatic rings. The lowest BCUT2D eigenvalue weighted by Crippen LogP contribution is -2.41. The second-order valence-corrected chi connectivity index (χ2v) is 5.76. The number of halogens is 2. The summed E-state index contributed by atoms with van der Waals surface area (Å²) in [5.41, 5.74) is 4.60. The maximum Gasteiger partial charge on any atom is 0.251 e. The number of nitrogen functional groups attached to an aromatic ring is 1. The molecule has 0 aliphatic heterocycles. The molecule has 1 aliphatic carbocycles. The van der Waals surface area contributed by atoms with Crippen LogP contribution in [0.1, 0.15) is 43.5 Å². The van der Waals surface area contributed by atoms with E-state index in [-0.39, 0.29) is 17.0 Å². The van der Waals surface area contributed by atoms with E-state index in [0.717, 1.165) is 31.4 Å². The first-order valence-electron chi connectivity index (χ1n) is 6.36. The van der Waals surface area contributed by atoms with E-state index >= 15 is 0 Å². The first-order valence-corrected chi connectivity index (χ1v) is 6.36. The minimum atomic E-state index is -0.907. The quantitative estimate of drug-likeness (QED) is 0.810. The van der Waals surface area contributed by atoms with Gasteiger partial charge in [0.15, 0.2) is 0 Å². The summed E-state index contributed by atoms with van der Waals surface area (Å²) in [5, 5.41) is 2.85. The molecule has 1 aromatic carbocycles. The summed E-state index contributed by atoms with van der Waals surface area (Å²) in [6.45, 7) is 4.16. The monoisotopic (exact) mass is 268 g/mol. The normalized spacial score (nSPS) is 21.4. The van der Waals surface area contributed by atoms with Crippen LogP contribution in [0.5, 0.6) is 0 Å². The van der Waals surface area contributed by atoms with Crippen molar-refractivity contribution in [1.82, 2.24) is 5.32 Å². The molecule has 1 unspecified atom stereocenters. The molecule has 0 radical (unpaired) electrons. The molecule has 0 aromatic heterocycles. The molecular formula is C14H18F2N2O.